The minimum absolute atomic E-state index is 0.279. The summed E-state index contributed by atoms with van der Waals surface area (Å²) in [4.78, 5) is 0. The van der Waals surface area contributed by atoms with Crippen LogP contribution in [-0.2, 0) is 6.61 Å². The van der Waals surface area contributed by atoms with Gasteiger partial charge in [0.05, 0.1) is 4.47 Å². The van der Waals surface area contributed by atoms with Gasteiger partial charge < -0.3 is 4.74 Å². The molecule has 0 radical (unpaired) electrons. The van der Waals surface area contributed by atoms with Crippen molar-refractivity contribution in [1.29, 1.82) is 0 Å². The highest BCUT2D eigenvalue weighted by molar-refractivity contribution is 9.10. The molecule has 0 N–H and O–H groups in total. The van der Waals surface area contributed by atoms with E-state index in [1.165, 1.54) is 12.1 Å². The smallest absolute Gasteiger partial charge is 0.134 e. The Balaban J connectivity index is 2.11. The number of ether oxygens (including phenoxy) is 1. The van der Waals surface area contributed by atoms with Gasteiger partial charge in [-0.15, -0.1) is 0 Å². The van der Waals surface area contributed by atoms with Crippen molar-refractivity contribution in [2.75, 3.05) is 0 Å². The molecule has 0 aromatic heterocycles. The molecule has 1 nitrogen and oxygen atoms in total. The summed E-state index contributed by atoms with van der Waals surface area (Å²) >= 11 is 12.5. The summed E-state index contributed by atoms with van der Waals surface area (Å²) in [5.74, 6) is 0.411. The van der Waals surface area contributed by atoms with Crippen LogP contribution < -0.4 is 4.74 Å². The average molecular weight is 394 g/mol. The molecule has 18 heavy (non-hydrogen) atoms. The van der Waals surface area contributed by atoms with E-state index in [1.807, 2.05) is 0 Å². The minimum Gasteiger partial charge on any atom is -0.488 e. The summed E-state index contributed by atoms with van der Waals surface area (Å²) in [6.07, 6.45) is 0. The van der Waals surface area contributed by atoms with Crippen LogP contribution in [0, 0.1) is 5.82 Å². The first-order valence-electron chi connectivity index (χ1n) is 5.08. The Morgan fingerprint density at radius 1 is 1.06 bits per heavy atom. The Bertz CT molecular complexity index is 523. The normalized spacial score (nSPS) is 10.4. The Morgan fingerprint density at radius 2 is 1.83 bits per heavy atom. The van der Waals surface area contributed by atoms with Gasteiger partial charge in [0.25, 0.3) is 0 Å². The third-order valence-corrected chi connectivity index (χ3v) is 3.89. The highest BCUT2D eigenvalue weighted by atomic mass is 79.9. The van der Waals surface area contributed by atoms with E-state index >= 15 is 0 Å². The summed E-state index contributed by atoms with van der Waals surface area (Å²) in [6, 6.07) is 9.79. The van der Waals surface area contributed by atoms with Crippen molar-refractivity contribution in [3.05, 3.63) is 61.7 Å². The molecule has 0 spiro atoms. The van der Waals surface area contributed by atoms with Gasteiger partial charge in [-0.25, -0.2) is 4.39 Å². The molecule has 2 aromatic rings. The first-order valence-corrected chi connectivity index (χ1v) is 7.04. The Hall–Kier alpha value is -0.580. The van der Waals surface area contributed by atoms with Gasteiger partial charge in [0.15, 0.2) is 0 Å². The van der Waals surface area contributed by atoms with E-state index in [0.717, 1.165) is 10.0 Å². The molecular formula is C13H8Br2ClFO. The molecule has 0 aliphatic rings. The zero-order chi connectivity index (χ0) is 13.1. The lowest BCUT2D eigenvalue weighted by Gasteiger charge is -2.09. The van der Waals surface area contributed by atoms with E-state index in [1.54, 1.807) is 24.3 Å². The van der Waals surface area contributed by atoms with Crippen LogP contribution in [0.25, 0.3) is 0 Å². The first kappa shape index (κ1) is 13.8. The predicted octanol–water partition coefficient (Wildman–Crippen LogP) is 5.58. The second-order valence-corrected chi connectivity index (χ2v) is 5.74. The number of benzene rings is 2. The second-order valence-electron chi connectivity index (χ2n) is 3.60. The van der Waals surface area contributed by atoms with Crippen LogP contribution in [0.1, 0.15) is 5.56 Å². The van der Waals surface area contributed by atoms with Crippen molar-refractivity contribution in [3.63, 3.8) is 0 Å². The fourth-order valence-electron chi connectivity index (χ4n) is 1.39. The maximum absolute atomic E-state index is 12.9. The lowest BCUT2D eigenvalue weighted by molar-refractivity contribution is 0.303. The monoisotopic (exact) mass is 392 g/mol. The molecule has 2 aromatic carbocycles. The fourth-order valence-corrected chi connectivity index (χ4v) is 2.65. The van der Waals surface area contributed by atoms with E-state index in [0.29, 0.717) is 21.9 Å². The zero-order valence-electron chi connectivity index (χ0n) is 9.09. The maximum Gasteiger partial charge on any atom is 0.134 e. The summed E-state index contributed by atoms with van der Waals surface area (Å²) < 4.78 is 20.0. The van der Waals surface area contributed by atoms with E-state index < -0.39 is 0 Å². The number of hydrogen-bond donors (Lipinski definition) is 0. The van der Waals surface area contributed by atoms with Gasteiger partial charge in [-0.2, -0.15) is 0 Å². The summed E-state index contributed by atoms with van der Waals surface area (Å²) in [6.45, 7) is 0.348. The number of rotatable bonds is 3. The molecule has 0 unspecified atom stereocenters. The molecule has 94 valence electrons. The van der Waals surface area contributed by atoms with Crippen LogP contribution in [0.4, 0.5) is 4.39 Å². The minimum atomic E-state index is -0.279. The second kappa shape index (κ2) is 6.04. The van der Waals surface area contributed by atoms with Gasteiger partial charge >= 0.3 is 0 Å². The highest BCUT2D eigenvalue weighted by Gasteiger charge is 2.05. The Morgan fingerprint density at radius 3 is 2.50 bits per heavy atom. The van der Waals surface area contributed by atoms with Crippen LogP contribution >= 0.6 is 43.5 Å². The molecule has 0 bridgehead atoms. The van der Waals surface area contributed by atoms with Crippen LogP contribution in [0.2, 0.25) is 5.02 Å². The van der Waals surface area contributed by atoms with Crippen molar-refractivity contribution in [2.24, 2.45) is 0 Å². The molecule has 5 heteroatoms. The van der Waals surface area contributed by atoms with Crippen LogP contribution in [0.3, 0.4) is 0 Å². The predicted molar refractivity (Wildman–Crippen MR) is 77.6 cm³/mol. The molecule has 0 aliphatic carbocycles. The average Bonchev–Trinajstić information content (AvgIpc) is 2.30. The van der Waals surface area contributed by atoms with Gasteiger partial charge in [-0.05, 0) is 46.3 Å². The molecule has 0 atom stereocenters. The van der Waals surface area contributed by atoms with Crippen LogP contribution in [0.15, 0.2) is 45.3 Å². The van der Waals surface area contributed by atoms with E-state index in [2.05, 4.69) is 31.9 Å². The highest BCUT2D eigenvalue weighted by Crippen LogP contribution is 2.29. The maximum atomic E-state index is 12.9. The molecular weight excluding hydrogens is 386 g/mol. The lowest BCUT2D eigenvalue weighted by atomic mass is 10.2. The van der Waals surface area contributed by atoms with Crippen molar-refractivity contribution in [2.45, 2.75) is 6.61 Å². The SMILES string of the molecule is Fc1ccc(COc2ccc(Cl)cc2Br)c(Br)c1. The Labute approximate surface area is 126 Å². The molecule has 0 saturated heterocycles. The molecule has 0 amide bonds. The van der Waals surface area contributed by atoms with Gasteiger partial charge in [0.2, 0.25) is 0 Å². The van der Waals surface area contributed by atoms with E-state index in [4.69, 9.17) is 16.3 Å². The van der Waals surface area contributed by atoms with Gasteiger partial charge in [-0.3, -0.25) is 0 Å². The molecule has 0 aliphatic heterocycles. The topological polar surface area (TPSA) is 9.23 Å². The van der Waals surface area contributed by atoms with Crippen molar-refractivity contribution < 1.29 is 9.13 Å². The van der Waals surface area contributed by atoms with Crippen LogP contribution in [0.5, 0.6) is 5.75 Å². The summed E-state index contributed by atoms with van der Waals surface area (Å²) in [7, 11) is 0. The summed E-state index contributed by atoms with van der Waals surface area (Å²) in [5, 5.41) is 0.636. The Kier molecular flexibility index (Phi) is 4.65. The standard InChI is InChI=1S/C13H8Br2ClFO/c14-11-6-10(17)3-1-8(11)7-18-13-4-2-9(16)5-12(13)15/h1-6H,7H2. The van der Waals surface area contributed by atoms with E-state index in [-0.39, 0.29) is 5.82 Å². The quantitative estimate of drug-likeness (QED) is 0.660. The summed E-state index contributed by atoms with van der Waals surface area (Å²) in [5.41, 5.74) is 0.873. The zero-order valence-corrected chi connectivity index (χ0v) is 13.0. The number of halogens is 4. The third kappa shape index (κ3) is 3.46. The largest absolute Gasteiger partial charge is 0.488 e. The number of hydrogen-bond acceptors (Lipinski definition) is 1. The van der Waals surface area contributed by atoms with E-state index in [9.17, 15) is 4.39 Å². The van der Waals surface area contributed by atoms with Gasteiger partial charge in [0, 0.05) is 15.1 Å². The lowest BCUT2D eigenvalue weighted by Crippen LogP contribution is -1.97. The van der Waals surface area contributed by atoms with Crippen molar-refractivity contribution in [3.8, 4) is 5.75 Å². The van der Waals surface area contributed by atoms with Crippen LogP contribution in [-0.4, -0.2) is 0 Å². The first-order chi connectivity index (χ1) is 8.56. The molecule has 0 fully saturated rings. The van der Waals surface area contributed by atoms with Gasteiger partial charge in [0.1, 0.15) is 18.2 Å². The van der Waals surface area contributed by atoms with Crippen molar-refractivity contribution in [1.82, 2.24) is 0 Å². The fraction of sp³-hybridized carbons (Fsp3) is 0.0769. The molecule has 0 saturated carbocycles. The van der Waals surface area contributed by atoms with Gasteiger partial charge in [-0.1, -0.05) is 33.6 Å². The van der Waals surface area contributed by atoms with Crippen molar-refractivity contribution >= 4 is 43.5 Å². The molecule has 0 heterocycles. The molecule has 2 rings (SSSR count). The third-order valence-electron chi connectivity index (χ3n) is 2.29.